The van der Waals surface area contributed by atoms with Crippen LogP contribution < -0.4 is 10.3 Å². The van der Waals surface area contributed by atoms with Crippen molar-refractivity contribution in [2.75, 3.05) is 32.8 Å². The van der Waals surface area contributed by atoms with Crippen LogP contribution in [0.15, 0.2) is 72.0 Å². The molecule has 1 aliphatic heterocycles. The van der Waals surface area contributed by atoms with Crippen LogP contribution in [0.4, 0.5) is 0 Å². The number of nitrogens with one attached hydrogen (secondary N) is 1. The number of nitrogens with zero attached hydrogens (tertiary/aromatic N) is 4. The quantitative estimate of drug-likeness (QED) is 0.360. The molecule has 1 aliphatic rings. The summed E-state index contributed by atoms with van der Waals surface area (Å²) in [6.45, 7) is 8.20. The number of aromatic nitrogens is 3. The van der Waals surface area contributed by atoms with Gasteiger partial charge in [-0.3, -0.25) is 14.5 Å². The first-order valence-electron chi connectivity index (χ1n) is 12.0. The summed E-state index contributed by atoms with van der Waals surface area (Å²) in [7, 11) is 0. The molecule has 0 atom stereocenters. The summed E-state index contributed by atoms with van der Waals surface area (Å²) >= 11 is 0. The van der Waals surface area contributed by atoms with Gasteiger partial charge < -0.3 is 14.6 Å². The Morgan fingerprint density at radius 1 is 1.03 bits per heavy atom. The minimum atomic E-state index is -0.318. The van der Waals surface area contributed by atoms with E-state index in [1.807, 2.05) is 47.4 Å². The summed E-state index contributed by atoms with van der Waals surface area (Å²) in [6, 6.07) is 17.6. The van der Waals surface area contributed by atoms with Gasteiger partial charge in [-0.25, -0.2) is 0 Å². The first-order valence-corrected chi connectivity index (χ1v) is 12.0. The number of carbonyl (C=O) groups is 1. The molecule has 1 saturated heterocycles. The lowest BCUT2D eigenvalue weighted by molar-refractivity contribution is -0.133. The highest BCUT2D eigenvalue weighted by Gasteiger charge is 2.21. The van der Waals surface area contributed by atoms with Crippen LogP contribution in [0.25, 0.3) is 11.4 Å². The smallest absolute Gasteiger partial charge is 0.273 e. The molecule has 3 aromatic rings. The Kier molecular flexibility index (Phi) is 8.40. The molecule has 4 rings (SSSR count). The molecular weight excluding hydrogens is 442 g/mol. The Labute approximate surface area is 205 Å². The Bertz CT molecular complexity index is 1170. The number of hydrogen-bond acceptors (Lipinski definition) is 6. The van der Waals surface area contributed by atoms with Crippen LogP contribution in [0, 0.1) is 0 Å². The van der Waals surface area contributed by atoms with Gasteiger partial charge in [-0.2, -0.15) is 0 Å². The zero-order valence-electron chi connectivity index (χ0n) is 19.9. The summed E-state index contributed by atoms with van der Waals surface area (Å²) < 4.78 is 5.60. The summed E-state index contributed by atoms with van der Waals surface area (Å²) in [5, 5.41) is 8.26. The lowest BCUT2D eigenvalue weighted by Gasteiger charge is -2.34. The fraction of sp³-hybridized carbons (Fsp3) is 0.333. The van der Waals surface area contributed by atoms with Crippen molar-refractivity contribution in [3.8, 4) is 17.1 Å². The van der Waals surface area contributed by atoms with Crippen LogP contribution in [-0.2, 0) is 17.8 Å². The highest BCUT2D eigenvalue weighted by atomic mass is 16.5. The lowest BCUT2D eigenvalue weighted by Crippen LogP contribution is -2.48. The van der Waals surface area contributed by atoms with E-state index in [1.54, 1.807) is 6.08 Å². The number of aromatic amines is 1. The predicted octanol–water partition coefficient (Wildman–Crippen LogP) is 3.06. The molecule has 1 amide bonds. The van der Waals surface area contributed by atoms with Crippen LogP contribution in [-0.4, -0.2) is 63.7 Å². The number of carbonyl (C=O) groups excluding carboxylic acids is 1. The SMILES string of the molecule is C=CCCOc1ccc(-c2nnc(CCC(=O)N3CCN(Cc4ccccc4)CC3)c(=O)[nH]2)cc1. The molecular formula is C27H31N5O3. The van der Waals surface area contributed by atoms with Gasteiger partial charge in [0.05, 0.1) is 6.61 Å². The van der Waals surface area contributed by atoms with Crippen molar-refractivity contribution >= 4 is 5.91 Å². The second-order valence-electron chi connectivity index (χ2n) is 8.54. The van der Waals surface area contributed by atoms with Crippen molar-refractivity contribution in [3.63, 3.8) is 0 Å². The Balaban J connectivity index is 1.26. The topological polar surface area (TPSA) is 91.4 Å². The zero-order chi connectivity index (χ0) is 24.5. The van der Waals surface area contributed by atoms with Gasteiger partial charge in [0.25, 0.3) is 5.56 Å². The van der Waals surface area contributed by atoms with Crippen LogP contribution in [0.1, 0.15) is 24.1 Å². The number of hydrogen-bond donors (Lipinski definition) is 1. The van der Waals surface area contributed by atoms with Gasteiger partial charge in [-0.1, -0.05) is 36.4 Å². The van der Waals surface area contributed by atoms with Crippen LogP contribution >= 0.6 is 0 Å². The largest absolute Gasteiger partial charge is 0.493 e. The van der Waals surface area contributed by atoms with Crippen molar-refractivity contribution in [1.29, 1.82) is 0 Å². The third kappa shape index (κ3) is 6.86. The van der Waals surface area contributed by atoms with E-state index in [1.165, 1.54) is 5.56 Å². The second kappa shape index (κ2) is 12.1. The molecule has 1 fully saturated rings. The van der Waals surface area contributed by atoms with Crippen molar-refractivity contribution in [2.45, 2.75) is 25.8 Å². The van der Waals surface area contributed by atoms with E-state index in [0.29, 0.717) is 25.5 Å². The van der Waals surface area contributed by atoms with E-state index in [2.05, 4.69) is 38.8 Å². The third-order valence-corrected chi connectivity index (χ3v) is 6.03. The fourth-order valence-corrected chi connectivity index (χ4v) is 4.00. The summed E-state index contributed by atoms with van der Waals surface area (Å²) in [6.07, 6.45) is 3.08. The maximum absolute atomic E-state index is 12.7. The number of benzene rings is 2. The number of ether oxygens (including phenoxy) is 1. The number of rotatable bonds is 10. The average Bonchev–Trinajstić information content (AvgIpc) is 2.89. The summed E-state index contributed by atoms with van der Waals surface area (Å²) in [4.78, 5) is 32.2. The predicted molar refractivity (Wildman–Crippen MR) is 135 cm³/mol. The molecule has 0 saturated carbocycles. The van der Waals surface area contributed by atoms with Gasteiger partial charge in [0.2, 0.25) is 5.91 Å². The van der Waals surface area contributed by atoms with Crippen molar-refractivity contribution < 1.29 is 9.53 Å². The van der Waals surface area contributed by atoms with Crippen LogP contribution in [0.2, 0.25) is 0 Å². The summed E-state index contributed by atoms with van der Waals surface area (Å²) in [5.74, 6) is 1.17. The normalized spacial score (nSPS) is 14.0. The van der Waals surface area contributed by atoms with Gasteiger partial charge >= 0.3 is 0 Å². The second-order valence-corrected chi connectivity index (χ2v) is 8.54. The number of piperazine rings is 1. The number of aryl methyl sites for hydroxylation is 1. The minimum absolute atomic E-state index is 0.0432. The molecule has 35 heavy (non-hydrogen) atoms. The fourth-order valence-electron chi connectivity index (χ4n) is 4.00. The average molecular weight is 474 g/mol. The molecule has 8 nitrogen and oxygen atoms in total. The molecule has 2 heterocycles. The first-order chi connectivity index (χ1) is 17.1. The number of amides is 1. The van der Waals surface area contributed by atoms with Gasteiger partial charge in [-0.05, 0) is 36.2 Å². The highest BCUT2D eigenvalue weighted by molar-refractivity contribution is 5.76. The molecule has 182 valence electrons. The van der Waals surface area contributed by atoms with Crippen molar-refractivity contribution in [3.05, 3.63) is 88.9 Å². The standard InChI is InChI=1S/C27H31N5O3/c1-2-3-19-35-23-11-9-22(10-12-23)26-28-27(34)24(29-30-26)13-14-25(33)32-17-15-31(16-18-32)20-21-7-5-4-6-8-21/h2,4-12H,1,3,13-20H2,(H,28,30,34). The van der Waals surface area contributed by atoms with E-state index >= 15 is 0 Å². The van der Waals surface area contributed by atoms with Crippen molar-refractivity contribution in [2.24, 2.45) is 0 Å². The molecule has 8 heteroatoms. The van der Waals surface area contributed by atoms with Crippen LogP contribution in [0.5, 0.6) is 5.75 Å². The monoisotopic (exact) mass is 473 g/mol. The van der Waals surface area contributed by atoms with Crippen molar-refractivity contribution in [1.82, 2.24) is 25.0 Å². The highest BCUT2D eigenvalue weighted by Crippen LogP contribution is 2.18. The van der Waals surface area contributed by atoms with Gasteiger partial charge in [0.1, 0.15) is 11.4 Å². The van der Waals surface area contributed by atoms with E-state index in [9.17, 15) is 9.59 Å². The van der Waals surface area contributed by atoms with Gasteiger partial charge in [0, 0.05) is 51.1 Å². The molecule has 2 aromatic carbocycles. The molecule has 0 unspecified atom stereocenters. The van der Waals surface area contributed by atoms with Gasteiger partial charge in [0.15, 0.2) is 5.82 Å². The Hall–Kier alpha value is -3.78. The van der Waals surface area contributed by atoms with E-state index in [0.717, 1.165) is 37.4 Å². The van der Waals surface area contributed by atoms with E-state index in [4.69, 9.17) is 4.74 Å². The molecule has 0 aliphatic carbocycles. The zero-order valence-corrected chi connectivity index (χ0v) is 19.9. The lowest BCUT2D eigenvalue weighted by atomic mass is 10.1. The van der Waals surface area contributed by atoms with E-state index in [-0.39, 0.29) is 30.0 Å². The molecule has 0 bridgehead atoms. The maximum atomic E-state index is 12.7. The minimum Gasteiger partial charge on any atom is -0.493 e. The summed E-state index contributed by atoms with van der Waals surface area (Å²) in [5.41, 5.74) is 1.97. The Morgan fingerprint density at radius 3 is 2.46 bits per heavy atom. The Morgan fingerprint density at radius 2 is 1.77 bits per heavy atom. The molecule has 0 radical (unpaired) electrons. The third-order valence-electron chi connectivity index (χ3n) is 6.03. The molecule has 1 aromatic heterocycles. The van der Waals surface area contributed by atoms with Gasteiger partial charge in [-0.15, -0.1) is 16.8 Å². The van der Waals surface area contributed by atoms with Crippen LogP contribution in [0.3, 0.4) is 0 Å². The van der Waals surface area contributed by atoms with E-state index < -0.39 is 0 Å². The number of H-pyrrole nitrogens is 1. The molecule has 1 N–H and O–H groups in total. The maximum Gasteiger partial charge on any atom is 0.273 e. The molecule has 0 spiro atoms. The first kappa shape index (κ1) is 24.3.